The van der Waals surface area contributed by atoms with Crippen LogP contribution in [0.2, 0.25) is 10.0 Å². The number of hydrogen-bond donors (Lipinski definition) is 2. The molecule has 0 bridgehead atoms. The molecule has 1 aromatic carbocycles. The van der Waals surface area contributed by atoms with Gasteiger partial charge in [0.15, 0.2) is 0 Å². The molecule has 2 N–H and O–H groups in total. The van der Waals surface area contributed by atoms with E-state index >= 15 is 0 Å². The normalized spacial score (nSPS) is 13.3. The number of aliphatic carboxylic acids is 1. The smallest absolute Gasteiger partial charge is 0.326 e. The van der Waals surface area contributed by atoms with Crippen LogP contribution < -0.4 is 5.32 Å². The molecule has 2 aromatic rings. The van der Waals surface area contributed by atoms with Gasteiger partial charge in [0.2, 0.25) is 5.91 Å². The van der Waals surface area contributed by atoms with E-state index in [0.29, 0.717) is 15.6 Å². The Morgan fingerprint density at radius 2 is 1.81 bits per heavy atom. The van der Waals surface area contributed by atoms with E-state index in [-0.39, 0.29) is 24.8 Å². The highest BCUT2D eigenvalue weighted by atomic mass is 35.5. The summed E-state index contributed by atoms with van der Waals surface area (Å²) in [5.41, 5.74) is 2.46. The summed E-state index contributed by atoms with van der Waals surface area (Å²) >= 11 is 11.9. The van der Waals surface area contributed by atoms with Gasteiger partial charge in [0, 0.05) is 28.6 Å². The molecule has 8 heteroatoms. The maximum absolute atomic E-state index is 12.3. The number of nitrogens with zero attached hydrogens (tertiary/aromatic N) is 2. The van der Waals surface area contributed by atoms with Gasteiger partial charge in [-0.2, -0.15) is 5.10 Å². The van der Waals surface area contributed by atoms with Crippen LogP contribution >= 0.6 is 23.2 Å². The lowest BCUT2D eigenvalue weighted by molar-refractivity contribution is -0.141. The van der Waals surface area contributed by atoms with Gasteiger partial charge in [-0.05, 0) is 50.6 Å². The van der Waals surface area contributed by atoms with Gasteiger partial charge >= 0.3 is 5.97 Å². The van der Waals surface area contributed by atoms with Crippen LogP contribution in [0.5, 0.6) is 0 Å². The molecule has 2 unspecified atom stereocenters. The van der Waals surface area contributed by atoms with E-state index in [9.17, 15) is 14.7 Å². The number of carbonyl (C=O) groups excluding carboxylic acids is 1. The molecule has 0 aliphatic rings. The number of hydrogen-bond acceptors (Lipinski definition) is 3. The van der Waals surface area contributed by atoms with Gasteiger partial charge < -0.3 is 10.4 Å². The van der Waals surface area contributed by atoms with E-state index in [1.807, 2.05) is 26.8 Å². The first-order chi connectivity index (χ1) is 12.2. The van der Waals surface area contributed by atoms with Crippen LogP contribution in [0, 0.1) is 13.8 Å². The summed E-state index contributed by atoms with van der Waals surface area (Å²) < 4.78 is 1.77. The average Bonchev–Trinajstić information content (AvgIpc) is 2.84. The number of carbonyl (C=O) groups is 2. The van der Waals surface area contributed by atoms with Crippen LogP contribution in [0.4, 0.5) is 0 Å². The van der Waals surface area contributed by atoms with Gasteiger partial charge in [0.25, 0.3) is 0 Å². The monoisotopic (exact) mass is 397 g/mol. The minimum atomic E-state index is -1.12. The number of carboxylic acids is 1. The lowest BCUT2D eigenvalue weighted by Crippen LogP contribution is -2.42. The summed E-state index contributed by atoms with van der Waals surface area (Å²) in [5, 5.41) is 17.2. The zero-order valence-corrected chi connectivity index (χ0v) is 16.3. The van der Waals surface area contributed by atoms with Gasteiger partial charge in [-0.1, -0.05) is 23.2 Å². The van der Waals surface area contributed by atoms with Crippen LogP contribution in [0.1, 0.15) is 36.3 Å². The zero-order valence-electron chi connectivity index (χ0n) is 14.8. The molecular weight excluding hydrogens is 377 g/mol. The summed E-state index contributed by atoms with van der Waals surface area (Å²) in [6.45, 7) is 5.66. The largest absolute Gasteiger partial charge is 0.480 e. The number of rotatable bonds is 7. The van der Waals surface area contributed by atoms with E-state index < -0.39 is 12.0 Å². The molecule has 0 saturated heterocycles. The predicted octanol–water partition coefficient (Wildman–Crippen LogP) is 3.57. The van der Waals surface area contributed by atoms with E-state index in [1.54, 1.807) is 22.9 Å². The highest BCUT2D eigenvalue weighted by Crippen LogP contribution is 2.20. The number of halogens is 2. The first-order valence-electron chi connectivity index (χ1n) is 8.15. The van der Waals surface area contributed by atoms with Gasteiger partial charge in [-0.25, -0.2) is 4.79 Å². The molecule has 0 fully saturated rings. The van der Waals surface area contributed by atoms with E-state index in [4.69, 9.17) is 23.2 Å². The zero-order chi connectivity index (χ0) is 19.4. The van der Waals surface area contributed by atoms with Crippen molar-refractivity contribution in [1.82, 2.24) is 15.1 Å². The molecule has 0 spiro atoms. The Morgan fingerprint density at radius 3 is 2.31 bits per heavy atom. The van der Waals surface area contributed by atoms with Gasteiger partial charge in [0.05, 0.1) is 11.7 Å². The quantitative estimate of drug-likeness (QED) is 0.747. The second-order valence-electron chi connectivity index (χ2n) is 6.36. The molecule has 0 saturated carbocycles. The fraction of sp³-hybridized carbons (Fsp3) is 0.389. The van der Waals surface area contributed by atoms with Gasteiger partial charge in [0.1, 0.15) is 6.04 Å². The Morgan fingerprint density at radius 1 is 1.19 bits per heavy atom. The lowest BCUT2D eigenvalue weighted by atomic mass is 10.1. The minimum Gasteiger partial charge on any atom is -0.480 e. The van der Waals surface area contributed by atoms with Crippen LogP contribution in [-0.2, 0) is 16.0 Å². The molecule has 0 aliphatic carbocycles. The molecule has 0 aliphatic heterocycles. The first-order valence-corrected chi connectivity index (χ1v) is 8.91. The van der Waals surface area contributed by atoms with Crippen LogP contribution in [0.25, 0.3) is 0 Å². The first kappa shape index (κ1) is 20.3. The average molecular weight is 398 g/mol. The molecular formula is C18H21Cl2N3O3. The SMILES string of the molecule is Cc1cc(C)n(C(C)CC(=O)NC(Cc2cc(Cl)cc(Cl)c2)C(=O)O)n1. The number of nitrogens with one attached hydrogen (secondary N) is 1. The van der Waals surface area contributed by atoms with Crippen molar-refractivity contribution in [3.63, 3.8) is 0 Å². The minimum absolute atomic E-state index is 0.0929. The van der Waals surface area contributed by atoms with Crippen molar-refractivity contribution in [2.75, 3.05) is 0 Å². The summed E-state index contributed by atoms with van der Waals surface area (Å²) in [6, 6.07) is 5.51. The molecule has 1 amide bonds. The van der Waals surface area contributed by atoms with Crippen molar-refractivity contribution in [3.05, 3.63) is 51.3 Å². The van der Waals surface area contributed by atoms with Crippen molar-refractivity contribution >= 4 is 35.1 Å². The van der Waals surface area contributed by atoms with E-state index in [2.05, 4.69) is 10.4 Å². The molecule has 6 nitrogen and oxygen atoms in total. The third-order valence-electron chi connectivity index (χ3n) is 3.94. The molecule has 1 aromatic heterocycles. The highest BCUT2D eigenvalue weighted by Gasteiger charge is 2.22. The topological polar surface area (TPSA) is 84.2 Å². The fourth-order valence-corrected chi connectivity index (χ4v) is 3.44. The molecule has 26 heavy (non-hydrogen) atoms. The molecule has 1 heterocycles. The van der Waals surface area contributed by atoms with Gasteiger partial charge in [-0.15, -0.1) is 0 Å². The second-order valence-corrected chi connectivity index (χ2v) is 7.24. The fourth-order valence-electron chi connectivity index (χ4n) is 2.86. The predicted molar refractivity (Wildman–Crippen MR) is 101 cm³/mol. The van der Waals surface area contributed by atoms with Crippen LogP contribution in [0.3, 0.4) is 0 Å². The molecule has 0 radical (unpaired) electrons. The van der Waals surface area contributed by atoms with E-state index in [1.165, 1.54) is 0 Å². The van der Waals surface area contributed by atoms with Crippen molar-refractivity contribution < 1.29 is 14.7 Å². The number of aromatic nitrogens is 2. The summed E-state index contributed by atoms with van der Waals surface area (Å²) in [4.78, 5) is 23.8. The second kappa shape index (κ2) is 8.56. The Kier molecular flexibility index (Phi) is 6.67. The highest BCUT2D eigenvalue weighted by molar-refractivity contribution is 6.34. The Balaban J connectivity index is 2.03. The number of amides is 1. The third kappa shape index (κ3) is 5.47. The van der Waals surface area contributed by atoms with Crippen molar-refractivity contribution in [2.24, 2.45) is 0 Å². The third-order valence-corrected chi connectivity index (χ3v) is 4.37. The molecule has 2 rings (SSSR count). The summed E-state index contributed by atoms with van der Waals surface area (Å²) in [5.74, 6) is -1.47. The Bertz CT molecular complexity index is 800. The maximum Gasteiger partial charge on any atom is 0.326 e. The van der Waals surface area contributed by atoms with Crippen LogP contribution in [-0.4, -0.2) is 32.8 Å². The summed E-state index contributed by atoms with van der Waals surface area (Å²) in [7, 11) is 0. The molecule has 2 atom stereocenters. The Hall–Kier alpha value is -2.05. The lowest BCUT2D eigenvalue weighted by Gasteiger charge is -2.18. The van der Waals surface area contributed by atoms with Gasteiger partial charge in [-0.3, -0.25) is 9.48 Å². The van der Waals surface area contributed by atoms with E-state index in [0.717, 1.165) is 11.4 Å². The number of carboxylic acid groups (broad SMARTS) is 1. The van der Waals surface area contributed by atoms with Crippen molar-refractivity contribution in [3.8, 4) is 0 Å². The van der Waals surface area contributed by atoms with Crippen molar-refractivity contribution in [2.45, 2.75) is 45.7 Å². The van der Waals surface area contributed by atoms with Crippen LogP contribution in [0.15, 0.2) is 24.3 Å². The maximum atomic E-state index is 12.3. The molecule has 140 valence electrons. The van der Waals surface area contributed by atoms with Crippen molar-refractivity contribution in [1.29, 1.82) is 0 Å². The number of benzene rings is 1. The summed E-state index contributed by atoms with van der Waals surface area (Å²) in [6.07, 6.45) is 0.220. The number of aryl methyl sites for hydroxylation is 2. The standard InChI is InChI=1S/C18H21Cl2N3O3/c1-10-4-11(2)23(22-10)12(3)5-17(24)21-16(18(25)26)8-13-6-14(19)9-15(20)7-13/h4,6-7,9,12,16H,5,8H2,1-3H3,(H,21,24)(H,25,26). The Labute approximate surface area is 162 Å².